The van der Waals surface area contributed by atoms with E-state index in [0.29, 0.717) is 27.3 Å². The molecule has 28 heavy (non-hydrogen) atoms. The van der Waals surface area contributed by atoms with Crippen LogP contribution in [0.4, 0.5) is 5.13 Å². The molecule has 0 saturated heterocycles. The molecule has 140 valence electrons. The van der Waals surface area contributed by atoms with Gasteiger partial charge in [-0.3, -0.25) is 14.9 Å². The van der Waals surface area contributed by atoms with E-state index in [0.717, 1.165) is 5.69 Å². The van der Waals surface area contributed by atoms with Gasteiger partial charge in [0.25, 0.3) is 5.91 Å². The normalized spacial score (nSPS) is 10.8. The number of benzene rings is 1. The monoisotopic (exact) mass is 412 g/mol. The smallest absolute Gasteiger partial charge is 0.277 e. The number of ketones is 1. The minimum Gasteiger partial charge on any atom is -0.463 e. The second kappa shape index (κ2) is 7.41. The third-order valence-corrected chi connectivity index (χ3v) is 4.88. The van der Waals surface area contributed by atoms with E-state index in [4.69, 9.17) is 16.0 Å². The van der Waals surface area contributed by atoms with Gasteiger partial charge in [0.1, 0.15) is 11.4 Å². The number of carbonyl (C=O) groups is 2. The SMILES string of the molecule is CC(=O)c1csc(NC(=O)c2cc(-c3ccco3)n(-c3ccc(Cl)cc3)n2)n1. The molecule has 0 spiro atoms. The first-order valence-electron chi connectivity index (χ1n) is 8.19. The number of anilines is 1. The fourth-order valence-electron chi connectivity index (χ4n) is 2.53. The van der Waals surface area contributed by atoms with E-state index < -0.39 is 5.91 Å². The van der Waals surface area contributed by atoms with Crippen LogP contribution in [-0.2, 0) is 0 Å². The highest BCUT2D eigenvalue weighted by molar-refractivity contribution is 7.14. The van der Waals surface area contributed by atoms with Crippen molar-refractivity contribution in [3.63, 3.8) is 0 Å². The van der Waals surface area contributed by atoms with Crippen molar-refractivity contribution < 1.29 is 14.0 Å². The Morgan fingerprint density at radius 2 is 1.96 bits per heavy atom. The molecule has 0 bridgehead atoms. The Bertz CT molecular complexity index is 1150. The Labute approximate surface area is 168 Å². The number of amides is 1. The molecule has 4 aromatic rings. The van der Waals surface area contributed by atoms with Gasteiger partial charge in [-0.1, -0.05) is 11.6 Å². The van der Waals surface area contributed by atoms with Crippen molar-refractivity contribution in [2.75, 3.05) is 5.32 Å². The van der Waals surface area contributed by atoms with Crippen LogP contribution in [0.25, 0.3) is 17.1 Å². The van der Waals surface area contributed by atoms with Gasteiger partial charge in [0.2, 0.25) is 0 Å². The Hall–Kier alpha value is -3.23. The van der Waals surface area contributed by atoms with Crippen molar-refractivity contribution in [3.05, 3.63) is 70.5 Å². The molecule has 9 heteroatoms. The number of thiazole rings is 1. The molecule has 4 rings (SSSR count). The van der Waals surface area contributed by atoms with Crippen LogP contribution in [0.5, 0.6) is 0 Å². The lowest BCUT2D eigenvalue weighted by Gasteiger charge is -2.05. The van der Waals surface area contributed by atoms with Crippen LogP contribution in [0.2, 0.25) is 5.02 Å². The summed E-state index contributed by atoms with van der Waals surface area (Å²) in [6.45, 7) is 1.42. The molecule has 7 nitrogen and oxygen atoms in total. The van der Waals surface area contributed by atoms with Gasteiger partial charge in [-0.15, -0.1) is 11.3 Å². The predicted octanol–water partition coefficient (Wildman–Crippen LogP) is 4.70. The van der Waals surface area contributed by atoms with Gasteiger partial charge in [-0.2, -0.15) is 5.10 Å². The zero-order valence-electron chi connectivity index (χ0n) is 14.5. The first kappa shape index (κ1) is 18.1. The number of carbonyl (C=O) groups excluding carboxylic acids is 2. The van der Waals surface area contributed by atoms with E-state index in [-0.39, 0.29) is 11.5 Å². The quantitative estimate of drug-likeness (QED) is 0.480. The van der Waals surface area contributed by atoms with Crippen molar-refractivity contribution in [2.24, 2.45) is 0 Å². The first-order valence-corrected chi connectivity index (χ1v) is 9.45. The summed E-state index contributed by atoms with van der Waals surface area (Å²) in [5.41, 5.74) is 1.83. The van der Waals surface area contributed by atoms with Gasteiger partial charge in [0.15, 0.2) is 22.4 Å². The van der Waals surface area contributed by atoms with Gasteiger partial charge in [0.05, 0.1) is 12.0 Å². The zero-order valence-corrected chi connectivity index (χ0v) is 16.1. The molecule has 1 amide bonds. The number of hydrogen-bond donors (Lipinski definition) is 1. The van der Waals surface area contributed by atoms with E-state index in [9.17, 15) is 9.59 Å². The van der Waals surface area contributed by atoms with Gasteiger partial charge >= 0.3 is 0 Å². The van der Waals surface area contributed by atoms with Gasteiger partial charge in [-0.25, -0.2) is 9.67 Å². The molecular weight excluding hydrogens is 400 g/mol. The Balaban J connectivity index is 1.69. The number of furan rings is 1. The minimum absolute atomic E-state index is 0.163. The number of nitrogens with one attached hydrogen (secondary N) is 1. The molecule has 0 unspecified atom stereocenters. The first-order chi connectivity index (χ1) is 13.5. The maximum atomic E-state index is 12.7. The van der Waals surface area contributed by atoms with Gasteiger partial charge < -0.3 is 4.42 Å². The molecule has 0 saturated carbocycles. The Kier molecular flexibility index (Phi) is 4.81. The third kappa shape index (κ3) is 3.60. The number of Topliss-reactive ketones (excluding diaryl/α,β-unsaturated/α-hetero) is 1. The summed E-state index contributed by atoms with van der Waals surface area (Å²) in [5.74, 6) is -0.0385. The summed E-state index contributed by atoms with van der Waals surface area (Å²) in [6, 6.07) is 12.2. The fourth-order valence-corrected chi connectivity index (χ4v) is 3.40. The fraction of sp³-hybridized carbons (Fsp3) is 0.0526. The largest absolute Gasteiger partial charge is 0.463 e. The van der Waals surface area contributed by atoms with Crippen LogP contribution in [0.3, 0.4) is 0 Å². The molecular formula is C19H13ClN4O3S. The predicted molar refractivity (Wildman–Crippen MR) is 106 cm³/mol. The van der Waals surface area contributed by atoms with Crippen LogP contribution >= 0.6 is 22.9 Å². The van der Waals surface area contributed by atoms with Crippen LogP contribution in [0.1, 0.15) is 27.9 Å². The highest BCUT2D eigenvalue weighted by Crippen LogP contribution is 2.26. The maximum Gasteiger partial charge on any atom is 0.277 e. The third-order valence-electron chi connectivity index (χ3n) is 3.87. The Morgan fingerprint density at radius 1 is 1.18 bits per heavy atom. The van der Waals surface area contributed by atoms with Crippen molar-refractivity contribution in [1.82, 2.24) is 14.8 Å². The minimum atomic E-state index is -0.440. The number of rotatable bonds is 5. The van der Waals surface area contributed by atoms with Crippen LogP contribution in [-0.4, -0.2) is 26.5 Å². The zero-order chi connectivity index (χ0) is 19.7. The van der Waals surface area contributed by atoms with Crippen molar-refractivity contribution in [1.29, 1.82) is 0 Å². The molecule has 0 fully saturated rings. The summed E-state index contributed by atoms with van der Waals surface area (Å²) in [5, 5.41) is 9.61. The summed E-state index contributed by atoms with van der Waals surface area (Å²) in [6.07, 6.45) is 1.55. The number of nitrogens with zero attached hydrogens (tertiary/aromatic N) is 3. The topological polar surface area (TPSA) is 90.0 Å². The van der Waals surface area contributed by atoms with Crippen molar-refractivity contribution >= 4 is 39.8 Å². The summed E-state index contributed by atoms with van der Waals surface area (Å²) in [7, 11) is 0. The average Bonchev–Trinajstić information content (AvgIpc) is 3.42. The molecule has 0 radical (unpaired) electrons. The van der Waals surface area contributed by atoms with Gasteiger partial charge in [-0.05, 0) is 36.4 Å². The lowest BCUT2D eigenvalue weighted by molar-refractivity contribution is 0.100. The van der Waals surface area contributed by atoms with Crippen LogP contribution < -0.4 is 5.32 Å². The van der Waals surface area contributed by atoms with E-state index in [1.165, 1.54) is 18.3 Å². The second-order valence-corrected chi connectivity index (χ2v) is 7.12. The lowest BCUT2D eigenvalue weighted by atomic mass is 10.2. The molecule has 1 aromatic carbocycles. The second-order valence-electron chi connectivity index (χ2n) is 5.83. The van der Waals surface area contributed by atoms with Gasteiger partial charge in [0, 0.05) is 23.4 Å². The highest BCUT2D eigenvalue weighted by atomic mass is 35.5. The van der Waals surface area contributed by atoms with Crippen LogP contribution in [0.15, 0.2) is 58.5 Å². The lowest BCUT2D eigenvalue weighted by Crippen LogP contribution is -2.13. The van der Waals surface area contributed by atoms with E-state index in [1.807, 2.05) is 0 Å². The summed E-state index contributed by atoms with van der Waals surface area (Å²) < 4.78 is 7.08. The maximum absolute atomic E-state index is 12.7. The molecule has 0 aliphatic carbocycles. The number of hydrogen-bond acceptors (Lipinski definition) is 6. The summed E-state index contributed by atoms with van der Waals surface area (Å²) >= 11 is 7.14. The van der Waals surface area contributed by atoms with Crippen molar-refractivity contribution in [3.8, 4) is 17.1 Å². The standard InChI is InChI=1S/C19H13ClN4O3S/c1-11(25)15-10-28-19(21-15)22-18(26)14-9-16(17-3-2-8-27-17)24(23-14)13-6-4-12(20)5-7-13/h2-10H,1H3,(H,21,22,26). The molecule has 0 aliphatic heterocycles. The van der Waals surface area contributed by atoms with E-state index in [1.54, 1.807) is 58.8 Å². The average molecular weight is 413 g/mol. The highest BCUT2D eigenvalue weighted by Gasteiger charge is 2.19. The molecule has 1 N–H and O–H groups in total. The number of halogens is 1. The molecule has 0 aliphatic rings. The number of aromatic nitrogens is 3. The molecule has 3 aromatic heterocycles. The van der Waals surface area contributed by atoms with E-state index >= 15 is 0 Å². The molecule has 3 heterocycles. The van der Waals surface area contributed by atoms with Crippen LogP contribution in [0, 0.1) is 0 Å². The van der Waals surface area contributed by atoms with E-state index in [2.05, 4.69) is 15.4 Å². The molecule has 0 atom stereocenters. The Morgan fingerprint density at radius 3 is 2.61 bits per heavy atom. The van der Waals surface area contributed by atoms with Crippen molar-refractivity contribution in [2.45, 2.75) is 6.92 Å². The summed E-state index contributed by atoms with van der Waals surface area (Å²) in [4.78, 5) is 28.1.